The molecule has 2 aliphatic carbocycles. The van der Waals surface area contributed by atoms with E-state index in [1.54, 1.807) is 23.0 Å². The molecule has 0 unspecified atom stereocenters. The zero-order valence-corrected chi connectivity index (χ0v) is 17.2. The van der Waals surface area contributed by atoms with Gasteiger partial charge in [-0.25, -0.2) is 17.9 Å². The van der Waals surface area contributed by atoms with E-state index < -0.39 is 23.0 Å². The van der Waals surface area contributed by atoms with Gasteiger partial charge in [0, 0.05) is 5.41 Å². The third kappa shape index (κ3) is 3.04. The summed E-state index contributed by atoms with van der Waals surface area (Å²) in [5, 5.41) is 15.5. The molecule has 0 spiro atoms. The number of benzene rings is 2. The van der Waals surface area contributed by atoms with Crippen LogP contribution in [0.3, 0.4) is 0 Å². The van der Waals surface area contributed by atoms with E-state index in [9.17, 15) is 13.9 Å². The van der Waals surface area contributed by atoms with E-state index in [0.717, 1.165) is 28.9 Å². The van der Waals surface area contributed by atoms with Gasteiger partial charge in [0.2, 0.25) is 0 Å². The number of aromatic nitrogens is 2. The van der Waals surface area contributed by atoms with E-state index in [2.05, 4.69) is 5.10 Å². The lowest BCUT2D eigenvalue weighted by Gasteiger charge is -2.52. The maximum atomic E-state index is 16.7. The van der Waals surface area contributed by atoms with Crippen LogP contribution in [0, 0.1) is 17.0 Å². The van der Waals surface area contributed by atoms with Gasteiger partial charge < -0.3 is 5.11 Å². The number of halogens is 3. The Morgan fingerprint density at radius 1 is 1.03 bits per heavy atom. The first-order valence-corrected chi connectivity index (χ1v) is 10.5. The Bertz CT molecular complexity index is 1150. The average Bonchev–Trinajstić information content (AvgIpc) is 3.16. The molecule has 160 valence electrons. The highest BCUT2D eigenvalue weighted by atomic mass is 19.1. The van der Waals surface area contributed by atoms with Gasteiger partial charge in [0.15, 0.2) is 0 Å². The van der Waals surface area contributed by atoms with Crippen molar-refractivity contribution >= 4 is 6.08 Å². The molecule has 0 saturated heterocycles. The molecular formula is C25H23F3N2O. The first-order chi connectivity index (χ1) is 14.8. The zero-order chi connectivity index (χ0) is 21.8. The van der Waals surface area contributed by atoms with Gasteiger partial charge in [-0.2, -0.15) is 5.10 Å². The summed E-state index contributed by atoms with van der Waals surface area (Å²) in [6.45, 7) is 1.86. The molecule has 2 aromatic carbocycles. The smallest absolute Gasteiger partial charge is 0.150 e. The molecule has 1 heterocycles. The highest BCUT2D eigenvalue weighted by Gasteiger charge is 2.58. The molecule has 1 N–H and O–H groups in total. The molecule has 1 fully saturated rings. The second kappa shape index (κ2) is 7.09. The number of hydrogen-bond acceptors (Lipinski definition) is 2. The van der Waals surface area contributed by atoms with E-state index in [4.69, 9.17) is 0 Å². The summed E-state index contributed by atoms with van der Waals surface area (Å²) in [6.07, 6.45) is 4.28. The van der Waals surface area contributed by atoms with Crippen molar-refractivity contribution in [1.82, 2.24) is 9.78 Å². The number of aliphatic hydroxyl groups is 1. The van der Waals surface area contributed by atoms with Crippen molar-refractivity contribution in [3.63, 3.8) is 0 Å². The van der Waals surface area contributed by atoms with Crippen LogP contribution in [0.5, 0.6) is 0 Å². The standard InChI is InChI=1S/C25H23F3N2O/c1-24-14-17-15-29-30(21-10-8-20(27)9-11-21)22(17)13-18(24)3-2-12-25(24,28)23(31)16-4-6-19(26)7-5-16/h4-11,13,15,23,31H,2-3,12,14H2,1H3/t23-,24+,25+/m1/s1. The molecule has 0 radical (unpaired) electrons. The van der Waals surface area contributed by atoms with Crippen molar-refractivity contribution in [2.75, 3.05) is 0 Å². The molecule has 2 aliphatic rings. The summed E-state index contributed by atoms with van der Waals surface area (Å²) in [5.41, 5.74) is 0.966. The Labute approximate surface area is 178 Å². The molecule has 0 amide bonds. The van der Waals surface area contributed by atoms with Gasteiger partial charge in [0.25, 0.3) is 0 Å². The van der Waals surface area contributed by atoms with Crippen LogP contribution < -0.4 is 0 Å². The van der Waals surface area contributed by atoms with Crippen LogP contribution in [-0.4, -0.2) is 20.6 Å². The largest absolute Gasteiger partial charge is 0.385 e. The van der Waals surface area contributed by atoms with Crippen LogP contribution in [0.15, 0.2) is 60.3 Å². The number of allylic oxidation sites excluding steroid dienone is 1. The lowest BCUT2D eigenvalue weighted by atomic mass is 9.56. The third-order valence-corrected chi connectivity index (χ3v) is 7.04. The van der Waals surface area contributed by atoms with Gasteiger partial charge in [0.1, 0.15) is 23.4 Å². The number of nitrogens with zero attached hydrogens (tertiary/aromatic N) is 2. The summed E-state index contributed by atoms with van der Waals surface area (Å²) in [5.74, 6) is -0.741. The van der Waals surface area contributed by atoms with Crippen LogP contribution in [0.1, 0.15) is 49.1 Å². The van der Waals surface area contributed by atoms with Gasteiger partial charge in [-0.15, -0.1) is 0 Å². The third-order valence-electron chi connectivity index (χ3n) is 7.04. The normalized spacial score (nSPS) is 26.0. The Kier molecular flexibility index (Phi) is 4.59. The van der Waals surface area contributed by atoms with Gasteiger partial charge in [-0.05, 0) is 79.3 Å². The van der Waals surface area contributed by atoms with Crippen molar-refractivity contribution in [2.24, 2.45) is 5.41 Å². The SMILES string of the molecule is C[C@]12Cc3cnn(-c4ccc(F)cc4)c3C=C1CCC[C@]2(F)[C@H](O)c1ccc(F)cc1. The Morgan fingerprint density at radius 2 is 1.68 bits per heavy atom. The van der Waals surface area contributed by atoms with Crippen molar-refractivity contribution in [3.05, 3.63) is 88.8 Å². The topological polar surface area (TPSA) is 38.0 Å². The number of rotatable bonds is 3. The molecule has 1 aromatic heterocycles. The Hall–Kier alpha value is -2.86. The van der Waals surface area contributed by atoms with Crippen LogP contribution in [0.4, 0.5) is 13.2 Å². The van der Waals surface area contributed by atoms with Crippen LogP contribution in [0.25, 0.3) is 11.8 Å². The summed E-state index contributed by atoms with van der Waals surface area (Å²) in [7, 11) is 0. The lowest BCUT2D eigenvalue weighted by Crippen LogP contribution is -2.53. The van der Waals surface area contributed by atoms with E-state index in [0.29, 0.717) is 18.4 Å². The van der Waals surface area contributed by atoms with Crippen molar-refractivity contribution in [2.45, 2.75) is 44.4 Å². The van der Waals surface area contributed by atoms with E-state index in [-0.39, 0.29) is 12.2 Å². The fraction of sp³-hybridized carbons (Fsp3) is 0.320. The first-order valence-electron chi connectivity index (χ1n) is 10.5. The number of alkyl halides is 1. The lowest BCUT2D eigenvalue weighted by molar-refractivity contribution is -0.101. The molecule has 0 aliphatic heterocycles. The summed E-state index contributed by atoms with van der Waals surface area (Å²) in [6, 6.07) is 11.5. The van der Waals surface area contributed by atoms with Crippen molar-refractivity contribution in [1.29, 1.82) is 0 Å². The molecule has 6 heteroatoms. The van der Waals surface area contributed by atoms with E-state index >= 15 is 4.39 Å². The molecule has 3 aromatic rings. The summed E-state index contributed by atoms with van der Waals surface area (Å²) in [4.78, 5) is 0. The monoisotopic (exact) mass is 424 g/mol. The Balaban J connectivity index is 1.56. The predicted molar refractivity (Wildman–Crippen MR) is 112 cm³/mol. The van der Waals surface area contributed by atoms with Crippen molar-refractivity contribution < 1.29 is 18.3 Å². The first kappa shape index (κ1) is 20.1. The summed E-state index contributed by atoms with van der Waals surface area (Å²) < 4.78 is 45.1. The summed E-state index contributed by atoms with van der Waals surface area (Å²) >= 11 is 0. The zero-order valence-electron chi connectivity index (χ0n) is 17.2. The molecule has 31 heavy (non-hydrogen) atoms. The minimum Gasteiger partial charge on any atom is -0.385 e. The van der Waals surface area contributed by atoms with Crippen LogP contribution in [-0.2, 0) is 6.42 Å². The van der Waals surface area contributed by atoms with Gasteiger partial charge in [0.05, 0.1) is 17.6 Å². The predicted octanol–water partition coefficient (Wildman–Crippen LogP) is 5.72. The highest BCUT2D eigenvalue weighted by molar-refractivity contribution is 5.62. The molecular weight excluding hydrogens is 401 g/mol. The van der Waals surface area contributed by atoms with Crippen molar-refractivity contribution in [3.8, 4) is 5.69 Å². The van der Waals surface area contributed by atoms with Crippen LogP contribution in [0.2, 0.25) is 0 Å². The molecule has 5 rings (SSSR count). The minimum atomic E-state index is -1.90. The molecule has 3 atom stereocenters. The maximum Gasteiger partial charge on any atom is 0.150 e. The maximum absolute atomic E-state index is 16.7. The average molecular weight is 424 g/mol. The second-order valence-electron chi connectivity index (χ2n) is 8.79. The minimum absolute atomic E-state index is 0.223. The van der Waals surface area contributed by atoms with Gasteiger partial charge in [-0.1, -0.05) is 24.6 Å². The fourth-order valence-electron chi connectivity index (χ4n) is 5.21. The Morgan fingerprint density at radius 3 is 2.35 bits per heavy atom. The van der Waals surface area contributed by atoms with Gasteiger partial charge >= 0.3 is 0 Å². The molecule has 1 saturated carbocycles. The number of hydrogen-bond donors (Lipinski definition) is 1. The second-order valence-corrected chi connectivity index (χ2v) is 8.79. The number of fused-ring (bicyclic) bond motifs is 2. The molecule has 3 nitrogen and oxygen atoms in total. The van der Waals surface area contributed by atoms with E-state index in [1.165, 1.54) is 36.4 Å². The number of aliphatic hydroxyl groups excluding tert-OH is 1. The highest BCUT2D eigenvalue weighted by Crippen LogP contribution is 2.59. The molecule has 0 bridgehead atoms. The van der Waals surface area contributed by atoms with E-state index in [1.807, 2.05) is 13.0 Å². The quantitative estimate of drug-likeness (QED) is 0.584. The van der Waals surface area contributed by atoms with Crippen LogP contribution >= 0.6 is 0 Å². The van der Waals surface area contributed by atoms with Gasteiger partial charge in [-0.3, -0.25) is 0 Å². The fourth-order valence-corrected chi connectivity index (χ4v) is 5.21.